The molecule has 0 atom stereocenters. The summed E-state index contributed by atoms with van der Waals surface area (Å²) in [6.45, 7) is 2.26. The van der Waals surface area contributed by atoms with Gasteiger partial charge in [0.25, 0.3) is 11.8 Å². The van der Waals surface area contributed by atoms with Crippen LogP contribution in [0.15, 0.2) is 53.9 Å². The number of benzene rings is 2. The van der Waals surface area contributed by atoms with Gasteiger partial charge in [-0.25, -0.2) is 9.37 Å². The number of carbonyl (C=O) groups excluding carboxylic acids is 2. The van der Waals surface area contributed by atoms with Crippen molar-refractivity contribution in [1.29, 1.82) is 0 Å². The van der Waals surface area contributed by atoms with E-state index < -0.39 is 0 Å². The van der Waals surface area contributed by atoms with Gasteiger partial charge in [-0.1, -0.05) is 0 Å². The zero-order chi connectivity index (χ0) is 20.2. The van der Waals surface area contributed by atoms with Crippen molar-refractivity contribution in [1.82, 2.24) is 9.88 Å². The van der Waals surface area contributed by atoms with Gasteiger partial charge < -0.3 is 15.0 Å². The number of hydrogen-bond acceptors (Lipinski definition) is 5. The molecule has 1 aliphatic heterocycles. The highest BCUT2D eigenvalue weighted by Gasteiger charge is 2.18. The topological polar surface area (TPSA) is 71.5 Å². The SMILES string of the molecule is O=C(Nc1ccc(C(=O)N2CCOCC2)cc1)c1csc(-c2ccc(F)cc2)n1. The van der Waals surface area contributed by atoms with Crippen molar-refractivity contribution in [2.45, 2.75) is 0 Å². The third kappa shape index (κ3) is 4.49. The summed E-state index contributed by atoms with van der Waals surface area (Å²) in [6.07, 6.45) is 0. The molecule has 6 nitrogen and oxygen atoms in total. The predicted molar refractivity (Wildman–Crippen MR) is 109 cm³/mol. The molecule has 1 aromatic heterocycles. The van der Waals surface area contributed by atoms with Crippen LogP contribution in [0.3, 0.4) is 0 Å². The first-order valence-corrected chi connectivity index (χ1v) is 9.98. The number of aromatic nitrogens is 1. The maximum absolute atomic E-state index is 13.1. The molecule has 0 aliphatic carbocycles. The summed E-state index contributed by atoms with van der Waals surface area (Å²) in [5.74, 6) is -0.713. The van der Waals surface area contributed by atoms with E-state index in [1.807, 2.05) is 0 Å². The average molecular weight is 411 g/mol. The van der Waals surface area contributed by atoms with E-state index in [2.05, 4.69) is 10.3 Å². The van der Waals surface area contributed by atoms with Crippen LogP contribution in [0.5, 0.6) is 0 Å². The summed E-state index contributed by atoms with van der Waals surface area (Å²) < 4.78 is 18.3. The van der Waals surface area contributed by atoms with Crippen LogP contribution in [0, 0.1) is 5.82 Å². The Balaban J connectivity index is 1.41. The number of amides is 2. The molecule has 29 heavy (non-hydrogen) atoms. The van der Waals surface area contributed by atoms with Crippen molar-refractivity contribution in [2.24, 2.45) is 0 Å². The van der Waals surface area contributed by atoms with Crippen LogP contribution in [0.2, 0.25) is 0 Å². The first kappa shape index (κ1) is 19.2. The van der Waals surface area contributed by atoms with Crippen LogP contribution < -0.4 is 5.32 Å². The molecule has 1 N–H and O–H groups in total. The van der Waals surface area contributed by atoms with Gasteiger partial charge in [-0.2, -0.15) is 0 Å². The van der Waals surface area contributed by atoms with Gasteiger partial charge in [0.1, 0.15) is 16.5 Å². The molecular weight excluding hydrogens is 393 g/mol. The Labute approximate surface area is 171 Å². The lowest BCUT2D eigenvalue weighted by molar-refractivity contribution is 0.0303. The molecule has 0 bridgehead atoms. The lowest BCUT2D eigenvalue weighted by Gasteiger charge is -2.26. The fraction of sp³-hybridized carbons (Fsp3) is 0.190. The van der Waals surface area contributed by atoms with E-state index in [-0.39, 0.29) is 23.3 Å². The van der Waals surface area contributed by atoms with E-state index >= 15 is 0 Å². The molecule has 0 unspecified atom stereocenters. The standard InChI is InChI=1S/C21H18FN3O3S/c22-16-5-1-14(2-6-16)20-24-18(13-29-20)19(26)23-17-7-3-15(4-8-17)21(27)25-9-11-28-12-10-25/h1-8,13H,9-12H2,(H,23,26). The minimum Gasteiger partial charge on any atom is -0.378 e. The van der Waals surface area contributed by atoms with E-state index in [1.165, 1.54) is 23.5 Å². The zero-order valence-corrected chi connectivity index (χ0v) is 16.2. The van der Waals surface area contributed by atoms with Gasteiger partial charge >= 0.3 is 0 Å². The molecule has 3 aromatic rings. The Morgan fingerprint density at radius 3 is 2.41 bits per heavy atom. The number of ether oxygens (including phenoxy) is 1. The van der Waals surface area contributed by atoms with Crippen molar-refractivity contribution in [2.75, 3.05) is 31.6 Å². The average Bonchev–Trinajstić information content (AvgIpc) is 3.25. The quantitative estimate of drug-likeness (QED) is 0.711. The smallest absolute Gasteiger partial charge is 0.275 e. The molecule has 0 radical (unpaired) electrons. The Morgan fingerprint density at radius 2 is 1.72 bits per heavy atom. The Hall–Kier alpha value is -3.10. The van der Waals surface area contributed by atoms with Crippen LogP contribution >= 0.6 is 11.3 Å². The summed E-state index contributed by atoms with van der Waals surface area (Å²) in [4.78, 5) is 31.0. The lowest BCUT2D eigenvalue weighted by Crippen LogP contribution is -2.40. The monoisotopic (exact) mass is 411 g/mol. The van der Waals surface area contributed by atoms with Crippen LogP contribution in [0.1, 0.15) is 20.8 Å². The summed E-state index contributed by atoms with van der Waals surface area (Å²) in [5.41, 5.74) is 2.17. The molecule has 8 heteroatoms. The van der Waals surface area contributed by atoms with Gasteiger partial charge in [0.15, 0.2) is 0 Å². The molecule has 0 spiro atoms. The highest BCUT2D eigenvalue weighted by Crippen LogP contribution is 2.24. The van der Waals surface area contributed by atoms with Gasteiger partial charge in [-0.3, -0.25) is 9.59 Å². The molecule has 1 aliphatic rings. The molecule has 0 saturated carbocycles. The van der Waals surface area contributed by atoms with Crippen LogP contribution in [-0.4, -0.2) is 48.0 Å². The number of rotatable bonds is 4. The fourth-order valence-electron chi connectivity index (χ4n) is 2.94. The van der Waals surface area contributed by atoms with Crippen molar-refractivity contribution in [3.8, 4) is 10.6 Å². The van der Waals surface area contributed by atoms with Crippen LogP contribution in [0.25, 0.3) is 10.6 Å². The third-order valence-electron chi connectivity index (χ3n) is 4.52. The minimum atomic E-state index is -0.345. The molecular formula is C21H18FN3O3S. The van der Waals surface area contributed by atoms with Crippen molar-refractivity contribution in [3.63, 3.8) is 0 Å². The van der Waals surface area contributed by atoms with E-state index in [0.717, 1.165) is 5.56 Å². The number of morpholine rings is 1. The Kier molecular flexibility index (Phi) is 5.64. The van der Waals surface area contributed by atoms with Gasteiger partial charge in [-0.15, -0.1) is 11.3 Å². The molecule has 1 saturated heterocycles. The lowest BCUT2D eigenvalue weighted by atomic mass is 10.1. The van der Waals surface area contributed by atoms with Crippen molar-refractivity contribution < 1.29 is 18.7 Å². The summed E-state index contributed by atoms with van der Waals surface area (Å²) >= 11 is 1.31. The zero-order valence-electron chi connectivity index (χ0n) is 15.4. The second-order valence-corrected chi connectivity index (χ2v) is 7.34. The third-order valence-corrected chi connectivity index (χ3v) is 5.41. The molecule has 2 aromatic carbocycles. The number of thiazole rings is 1. The maximum atomic E-state index is 13.1. The normalized spacial score (nSPS) is 13.9. The Bertz CT molecular complexity index is 1010. The second kappa shape index (κ2) is 8.50. The highest BCUT2D eigenvalue weighted by atomic mass is 32.1. The highest BCUT2D eigenvalue weighted by molar-refractivity contribution is 7.13. The summed E-state index contributed by atoms with van der Waals surface area (Å²) in [7, 11) is 0. The van der Waals surface area contributed by atoms with Gasteiger partial charge in [-0.05, 0) is 48.5 Å². The van der Waals surface area contributed by atoms with E-state index in [4.69, 9.17) is 4.74 Å². The van der Waals surface area contributed by atoms with Gasteiger partial charge in [0, 0.05) is 35.3 Å². The van der Waals surface area contributed by atoms with E-state index in [9.17, 15) is 14.0 Å². The minimum absolute atomic E-state index is 0.0467. The summed E-state index contributed by atoms with van der Waals surface area (Å²) in [5, 5.41) is 5.08. The van der Waals surface area contributed by atoms with Crippen molar-refractivity contribution >= 4 is 28.8 Å². The number of nitrogens with zero attached hydrogens (tertiary/aromatic N) is 2. The fourth-order valence-corrected chi connectivity index (χ4v) is 3.75. The number of nitrogens with one attached hydrogen (secondary N) is 1. The van der Waals surface area contributed by atoms with Crippen molar-refractivity contribution in [3.05, 3.63) is 71.0 Å². The molecule has 2 amide bonds. The number of halogens is 1. The maximum Gasteiger partial charge on any atom is 0.275 e. The first-order chi connectivity index (χ1) is 14.1. The second-order valence-electron chi connectivity index (χ2n) is 6.48. The first-order valence-electron chi connectivity index (χ1n) is 9.10. The largest absolute Gasteiger partial charge is 0.378 e. The Morgan fingerprint density at radius 1 is 1.03 bits per heavy atom. The van der Waals surface area contributed by atoms with Gasteiger partial charge in [0.05, 0.1) is 13.2 Å². The number of anilines is 1. The van der Waals surface area contributed by atoms with Crippen LogP contribution in [-0.2, 0) is 4.74 Å². The van der Waals surface area contributed by atoms with E-state index in [0.29, 0.717) is 42.6 Å². The summed E-state index contributed by atoms with van der Waals surface area (Å²) in [6, 6.07) is 12.7. The van der Waals surface area contributed by atoms with Gasteiger partial charge in [0.2, 0.25) is 0 Å². The molecule has 1 fully saturated rings. The number of carbonyl (C=O) groups is 2. The van der Waals surface area contributed by atoms with E-state index in [1.54, 1.807) is 46.7 Å². The molecule has 148 valence electrons. The molecule has 4 rings (SSSR count). The molecule has 2 heterocycles. The predicted octanol–water partition coefficient (Wildman–Crippen LogP) is 3.67. The van der Waals surface area contributed by atoms with Crippen LogP contribution in [0.4, 0.5) is 10.1 Å². The number of hydrogen-bond donors (Lipinski definition) is 1.